The zero-order valence-electron chi connectivity index (χ0n) is 19.1. The van der Waals surface area contributed by atoms with Crippen LogP contribution in [0.5, 0.6) is 0 Å². The molecule has 1 amide bonds. The number of carbonyl (C=O) groups is 1. The van der Waals surface area contributed by atoms with Gasteiger partial charge in [0.05, 0.1) is 17.6 Å². The van der Waals surface area contributed by atoms with Crippen molar-refractivity contribution in [2.75, 3.05) is 31.9 Å². The average molecular weight is 468 g/mol. The number of carbonyl (C=O) groups excluding carboxylic acids is 1. The van der Waals surface area contributed by atoms with E-state index < -0.39 is 10.8 Å². The molecule has 1 N–H and O–H groups in total. The third-order valence-electron chi connectivity index (χ3n) is 5.95. The van der Waals surface area contributed by atoms with E-state index in [4.69, 9.17) is 0 Å². The fourth-order valence-corrected chi connectivity index (χ4v) is 5.35. The Labute approximate surface area is 198 Å². The van der Waals surface area contributed by atoms with E-state index in [2.05, 4.69) is 15.3 Å². The predicted molar refractivity (Wildman–Crippen MR) is 132 cm³/mol. The molecule has 0 bridgehead atoms. The smallest absolute Gasteiger partial charge is 0.232 e. The van der Waals surface area contributed by atoms with E-state index in [-0.39, 0.29) is 17.4 Å². The number of likely N-dealkylation sites (tertiary alicyclic amines) is 1. The second-order valence-corrected chi connectivity index (χ2v) is 9.98. The minimum absolute atomic E-state index is 0.00531. The standard InChI is InChI=1S/C25H33N5O2S/c31-24(26-13-10-16-28-14-6-1-2-7-15-28)21-33(32)20-22-19-27-30(23-11-4-3-5-12-23)25(22)29-17-8-9-18-29/h3-5,8-9,11-12,17-19H,1-2,6-7,10,13-16,20-21H2,(H,26,31). The number of rotatable bonds is 10. The summed E-state index contributed by atoms with van der Waals surface area (Å²) in [6.45, 7) is 3.98. The molecule has 1 atom stereocenters. The normalized spacial score (nSPS) is 15.8. The number of nitrogens with zero attached hydrogens (tertiary/aromatic N) is 4. The first-order valence-electron chi connectivity index (χ1n) is 11.8. The van der Waals surface area contributed by atoms with Crippen molar-refractivity contribution in [3.05, 3.63) is 66.6 Å². The van der Waals surface area contributed by atoms with Crippen molar-refractivity contribution in [1.82, 2.24) is 24.6 Å². The van der Waals surface area contributed by atoms with Gasteiger partial charge in [0, 0.05) is 35.3 Å². The van der Waals surface area contributed by atoms with Gasteiger partial charge in [-0.05, 0) is 63.2 Å². The number of nitrogens with one attached hydrogen (secondary N) is 1. The molecule has 4 rings (SSSR count). The van der Waals surface area contributed by atoms with E-state index >= 15 is 0 Å². The molecule has 1 aliphatic heterocycles. The highest BCUT2D eigenvalue weighted by atomic mass is 32.2. The maximum Gasteiger partial charge on any atom is 0.232 e. The van der Waals surface area contributed by atoms with Crippen LogP contribution in [-0.4, -0.2) is 61.3 Å². The molecule has 2 aromatic heterocycles. The van der Waals surface area contributed by atoms with E-state index in [1.54, 1.807) is 6.20 Å². The summed E-state index contributed by atoms with van der Waals surface area (Å²) in [6.07, 6.45) is 11.8. The lowest BCUT2D eigenvalue weighted by Crippen LogP contribution is -2.32. The summed E-state index contributed by atoms with van der Waals surface area (Å²) in [5, 5.41) is 7.49. The maximum absolute atomic E-state index is 12.8. The Balaban J connectivity index is 1.31. The molecule has 1 aromatic carbocycles. The van der Waals surface area contributed by atoms with Gasteiger partial charge in [-0.15, -0.1) is 0 Å². The van der Waals surface area contributed by atoms with Gasteiger partial charge in [-0.25, -0.2) is 4.68 Å². The summed E-state index contributed by atoms with van der Waals surface area (Å²) in [5.41, 5.74) is 1.78. The molecular weight excluding hydrogens is 434 g/mol. The SMILES string of the molecule is O=C(CS(=O)Cc1cnn(-c2ccccc2)c1-n1cccc1)NCCCN1CCCCCC1. The topological polar surface area (TPSA) is 72.2 Å². The van der Waals surface area contributed by atoms with E-state index in [0.717, 1.165) is 30.0 Å². The van der Waals surface area contributed by atoms with Crippen LogP contribution >= 0.6 is 0 Å². The maximum atomic E-state index is 12.8. The molecule has 3 aromatic rings. The first-order valence-corrected chi connectivity index (χ1v) is 13.3. The van der Waals surface area contributed by atoms with Gasteiger partial charge in [-0.1, -0.05) is 31.0 Å². The van der Waals surface area contributed by atoms with E-state index in [1.807, 2.05) is 64.1 Å². The minimum Gasteiger partial charge on any atom is -0.355 e. The average Bonchev–Trinajstić information content (AvgIpc) is 3.41. The van der Waals surface area contributed by atoms with Crippen molar-refractivity contribution in [3.8, 4) is 11.5 Å². The van der Waals surface area contributed by atoms with Crippen LogP contribution in [0, 0.1) is 0 Å². The Morgan fingerprint density at radius 1 is 1.00 bits per heavy atom. The summed E-state index contributed by atoms with van der Waals surface area (Å²) < 4.78 is 16.6. The highest BCUT2D eigenvalue weighted by Gasteiger charge is 2.17. The summed E-state index contributed by atoms with van der Waals surface area (Å²) in [6, 6.07) is 13.8. The molecule has 1 fully saturated rings. The zero-order valence-corrected chi connectivity index (χ0v) is 19.9. The summed E-state index contributed by atoms with van der Waals surface area (Å²) >= 11 is 0. The second kappa shape index (κ2) is 12.0. The summed E-state index contributed by atoms with van der Waals surface area (Å²) in [7, 11) is -1.32. The van der Waals surface area contributed by atoms with Gasteiger partial charge in [0.2, 0.25) is 5.91 Å². The predicted octanol–water partition coefficient (Wildman–Crippen LogP) is 3.29. The van der Waals surface area contributed by atoms with Crippen molar-refractivity contribution in [1.29, 1.82) is 0 Å². The number of aromatic nitrogens is 3. The molecule has 1 unspecified atom stereocenters. The number of amides is 1. The zero-order chi connectivity index (χ0) is 22.9. The summed E-state index contributed by atoms with van der Waals surface area (Å²) in [5.74, 6) is 0.979. The summed E-state index contributed by atoms with van der Waals surface area (Å²) in [4.78, 5) is 14.8. The number of hydrogen-bond acceptors (Lipinski definition) is 4. The lowest BCUT2D eigenvalue weighted by Gasteiger charge is -2.19. The van der Waals surface area contributed by atoms with Crippen molar-refractivity contribution < 1.29 is 9.00 Å². The molecule has 0 aliphatic carbocycles. The van der Waals surface area contributed by atoms with Crippen molar-refractivity contribution in [2.24, 2.45) is 0 Å². The number of hydrogen-bond donors (Lipinski definition) is 1. The first kappa shape index (κ1) is 23.4. The molecule has 176 valence electrons. The highest BCUT2D eigenvalue weighted by molar-refractivity contribution is 7.84. The molecule has 33 heavy (non-hydrogen) atoms. The van der Waals surface area contributed by atoms with Crippen molar-refractivity contribution in [2.45, 2.75) is 37.9 Å². The fourth-order valence-electron chi connectivity index (χ4n) is 4.30. The first-order chi connectivity index (χ1) is 16.2. The van der Waals surface area contributed by atoms with Crippen LogP contribution in [-0.2, 0) is 21.3 Å². The van der Waals surface area contributed by atoms with Gasteiger partial charge in [-0.3, -0.25) is 9.00 Å². The molecule has 3 heterocycles. The molecule has 8 heteroatoms. The Kier molecular flexibility index (Phi) is 8.49. The molecule has 1 aliphatic rings. The van der Waals surface area contributed by atoms with Gasteiger partial charge < -0.3 is 14.8 Å². The van der Waals surface area contributed by atoms with Gasteiger partial charge >= 0.3 is 0 Å². The molecule has 0 saturated carbocycles. The van der Waals surface area contributed by atoms with Gasteiger partial charge in [0.15, 0.2) is 0 Å². The molecule has 7 nitrogen and oxygen atoms in total. The Hall–Kier alpha value is -2.71. The van der Waals surface area contributed by atoms with Crippen LogP contribution in [0.4, 0.5) is 0 Å². The Bertz CT molecular complexity index is 1020. The molecule has 0 radical (unpaired) electrons. The van der Waals surface area contributed by atoms with Crippen LogP contribution in [0.25, 0.3) is 11.5 Å². The minimum atomic E-state index is -1.32. The number of benzene rings is 1. The largest absolute Gasteiger partial charge is 0.355 e. The van der Waals surface area contributed by atoms with E-state index in [9.17, 15) is 9.00 Å². The number of para-hydroxylation sites is 1. The lowest BCUT2D eigenvalue weighted by molar-refractivity contribution is -0.118. The third-order valence-corrected chi connectivity index (χ3v) is 7.16. The highest BCUT2D eigenvalue weighted by Crippen LogP contribution is 2.21. The van der Waals surface area contributed by atoms with Gasteiger partial charge in [0.25, 0.3) is 0 Å². The van der Waals surface area contributed by atoms with Gasteiger partial charge in [0.1, 0.15) is 11.6 Å². The fraction of sp³-hybridized carbons (Fsp3) is 0.440. The van der Waals surface area contributed by atoms with Crippen LogP contribution < -0.4 is 5.32 Å². The van der Waals surface area contributed by atoms with Crippen LogP contribution in [0.1, 0.15) is 37.7 Å². The Morgan fingerprint density at radius 3 is 2.45 bits per heavy atom. The van der Waals surface area contributed by atoms with E-state index in [0.29, 0.717) is 6.54 Å². The second-order valence-electron chi connectivity index (χ2n) is 8.52. The lowest BCUT2D eigenvalue weighted by atomic mass is 10.2. The van der Waals surface area contributed by atoms with Crippen molar-refractivity contribution >= 4 is 16.7 Å². The quantitative estimate of drug-likeness (QED) is 0.465. The molecular formula is C25H33N5O2S. The Morgan fingerprint density at radius 2 is 1.73 bits per heavy atom. The van der Waals surface area contributed by atoms with Gasteiger partial charge in [-0.2, -0.15) is 5.10 Å². The molecule has 1 saturated heterocycles. The van der Waals surface area contributed by atoms with Crippen LogP contribution in [0.15, 0.2) is 61.1 Å². The third kappa shape index (κ3) is 6.65. The van der Waals surface area contributed by atoms with E-state index in [1.165, 1.54) is 38.8 Å². The molecule has 0 spiro atoms. The van der Waals surface area contributed by atoms with Crippen molar-refractivity contribution in [3.63, 3.8) is 0 Å². The van der Waals surface area contributed by atoms with Crippen LogP contribution in [0.3, 0.4) is 0 Å². The monoisotopic (exact) mass is 467 g/mol. The van der Waals surface area contributed by atoms with Crippen LogP contribution in [0.2, 0.25) is 0 Å².